The molecule has 2 fully saturated rings. The van der Waals surface area contributed by atoms with Gasteiger partial charge in [-0.15, -0.1) is 0 Å². The summed E-state index contributed by atoms with van der Waals surface area (Å²) in [5.74, 6) is 0.815. The smallest absolute Gasteiger partial charge is 0.0285 e. The Morgan fingerprint density at radius 3 is 2.67 bits per heavy atom. The molecular formula is C15H31N3. The van der Waals surface area contributed by atoms with Crippen LogP contribution < -0.4 is 5.73 Å². The van der Waals surface area contributed by atoms with E-state index in [-0.39, 0.29) is 5.54 Å². The maximum absolute atomic E-state index is 6.58. The van der Waals surface area contributed by atoms with Crippen molar-refractivity contribution in [3.8, 4) is 0 Å². The van der Waals surface area contributed by atoms with Crippen molar-refractivity contribution >= 4 is 0 Å². The van der Waals surface area contributed by atoms with Gasteiger partial charge in [0, 0.05) is 25.2 Å². The standard InChI is InChI=1S/C15H31N3/c1-14-6-5-7-15(16,12-14)13-17(2)10-11-18-8-3-4-9-18/h14H,3-13,16H2,1-2H3. The summed E-state index contributed by atoms with van der Waals surface area (Å²) in [6.45, 7) is 8.43. The summed E-state index contributed by atoms with van der Waals surface area (Å²) < 4.78 is 0. The monoisotopic (exact) mass is 253 g/mol. The minimum absolute atomic E-state index is 0.0808. The molecule has 3 nitrogen and oxygen atoms in total. The van der Waals surface area contributed by atoms with Gasteiger partial charge in [0.15, 0.2) is 0 Å². The van der Waals surface area contributed by atoms with Gasteiger partial charge in [-0.3, -0.25) is 0 Å². The lowest BCUT2D eigenvalue weighted by molar-refractivity contribution is 0.159. The number of likely N-dealkylation sites (tertiary alicyclic amines) is 1. The van der Waals surface area contributed by atoms with Crippen molar-refractivity contribution in [2.45, 2.75) is 51.0 Å². The molecule has 0 spiro atoms. The zero-order valence-electron chi connectivity index (χ0n) is 12.3. The molecule has 2 rings (SSSR count). The van der Waals surface area contributed by atoms with Crippen molar-refractivity contribution in [1.29, 1.82) is 0 Å². The van der Waals surface area contributed by atoms with Crippen molar-refractivity contribution in [3.63, 3.8) is 0 Å². The summed E-state index contributed by atoms with van der Waals surface area (Å²) in [6, 6.07) is 0. The van der Waals surface area contributed by atoms with Crippen LogP contribution in [-0.4, -0.2) is 55.1 Å². The quantitative estimate of drug-likeness (QED) is 0.812. The van der Waals surface area contributed by atoms with Gasteiger partial charge in [0.1, 0.15) is 0 Å². The van der Waals surface area contributed by atoms with Crippen molar-refractivity contribution in [1.82, 2.24) is 9.80 Å². The molecule has 0 amide bonds. The topological polar surface area (TPSA) is 32.5 Å². The molecule has 0 aromatic heterocycles. The number of nitrogens with zero attached hydrogens (tertiary/aromatic N) is 2. The predicted molar refractivity (Wildman–Crippen MR) is 77.7 cm³/mol. The summed E-state index contributed by atoms with van der Waals surface area (Å²) >= 11 is 0. The number of hydrogen-bond donors (Lipinski definition) is 1. The van der Waals surface area contributed by atoms with Gasteiger partial charge in [-0.05, 0) is 51.7 Å². The first kappa shape index (κ1) is 14.3. The molecule has 1 aliphatic heterocycles. The normalized spacial score (nSPS) is 34.3. The van der Waals surface area contributed by atoms with E-state index in [0.717, 1.165) is 12.5 Å². The van der Waals surface area contributed by atoms with E-state index in [1.165, 1.54) is 64.7 Å². The van der Waals surface area contributed by atoms with E-state index in [1.807, 2.05) is 0 Å². The van der Waals surface area contributed by atoms with Crippen LogP contribution in [0.5, 0.6) is 0 Å². The van der Waals surface area contributed by atoms with Gasteiger partial charge in [-0.2, -0.15) is 0 Å². The molecule has 2 unspecified atom stereocenters. The van der Waals surface area contributed by atoms with Crippen molar-refractivity contribution in [2.75, 3.05) is 39.8 Å². The van der Waals surface area contributed by atoms with Crippen LogP contribution in [0.25, 0.3) is 0 Å². The second kappa shape index (κ2) is 6.36. The van der Waals surface area contributed by atoms with E-state index in [4.69, 9.17) is 5.73 Å². The Hall–Kier alpha value is -0.120. The second-order valence-corrected chi connectivity index (χ2v) is 6.85. The Kier molecular flexibility index (Phi) is 5.05. The molecule has 0 aromatic carbocycles. The molecule has 2 aliphatic rings. The molecule has 0 bridgehead atoms. The number of rotatable bonds is 5. The largest absolute Gasteiger partial charge is 0.324 e. The minimum Gasteiger partial charge on any atom is -0.324 e. The molecular weight excluding hydrogens is 222 g/mol. The molecule has 0 aromatic rings. The highest BCUT2D eigenvalue weighted by molar-refractivity contribution is 4.92. The zero-order valence-corrected chi connectivity index (χ0v) is 12.3. The molecule has 1 heterocycles. The second-order valence-electron chi connectivity index (χ2n) is 6.85. The Bertz CT molecular complexity index is 250. The summed E-state index contributed by atoms with van der Waals surface area (Å²) in [4.78, 5) is 5.04. The van der Waals surface area contributed by atoms with Crippen LogP contribution in [0.15, 0.2) is 0 Å². The lowest BCUT2D eigenvalue weighted by atomic mass is 9.77. The maximum Gasteiger partial charge on any atom is 0.0285 e. The third-order valence-electron chi connectivity index (χ3n) is 4.71. The van der Waals surface area contributed by atoms with E-state index >= 15 is 0 Å². The molecule has 3 heteroatoms. The summed E-state index contributed by atoms with van der Waals surface area (Å²) in [5, 5.41) is 0. The van der Waals surface area contributed by atoms with Gasteiger partial charge in [-0.1, -0.05) is 19.8 Å². The van der Waals surface area contributed by atoms with Gasteiger partial charge in [0.25, 0.3) is 0 Å². The van der Waals surface area contributed by atoms with Crippen LogP contribution in [0.3, 0.4) is 0 Å². The Morgan fingerprint density at radius 2 is 2.00 bits per heavy atom. The van der Waals surface area contributed by atoms with E-state index in [1.54, 1.807) is 0 Å². The Morgan fingerprint density at radius 1 is 1.28 bits per heavy atom. The average Bonchev–Trinajstić information content (AvgIpc) is 2.78. The highest BCUT2D eigenvalue weighted by atomic mass is 15.2. The van der Waals surface area contributed by atoms with Crippen LogP contribution in [-0.2, 0) is 0 Å². The van der Waals surface area contributed by atoms with Crippen LogP contribution in [0.2, 0.25) is 0 Å². The molecule has 1 saturated carbocycles. The van der Waals surface area contributed by atoms with Crippen LogP contribution in [0.1, 0.15) is 45.4 Å². The van der Waals surface area contributed by atoms with Crippen LogP contribution >= 0.6 is 0 Å². The maximum atomic E-state index is 6.58. The highest BCUT2D eigenvalue weighted by Gasteiger charge is 2.31. The third kappa shape index (κ3) is 4.22. The van der Waals surface area contributed by atoms with E-state index in [0.29, 0.717) is 0 Å². The van der Waals surface area contributed by atoms with Crippen molar-refractivity contribution in [3.05, 3.63) is 0 Å². The molecule has 1 aliphatic carbocycles. The molecule has 0 radical (unpaired) electrons. The summed E-state index contributed by atoms with van der Waals surface area (Å²) in [6.07, 6.45) is 7.89. The van der Waals surface area contributed by atoms with E-state index < -0.39 is 0 Å². The van der Waals surface area contributed by atoms with Gasteiger partial charge in [0.2, 0.25) is 0 Å². The zero-order chi connectivity index (χ0) is 13.0. The van der Waals surface area contributed by atoms with Crippen molar-refractivity contribution in [2.24, 2.45) is 11.7 Å². The number of likely N-dealkylation sites (N-methyl/N-ethyl adjacent to an activating group) is 1. The molecule has 106 valence electrons. The van der Waals surface area contributed by atoms with Gasteiger partial charge < -0.3 is 15.5 Å². The van der Waals surface area contributed by atoms with Gasteiger partial charge in [0.05, 0.1) is 0 Å². The average molecular weight is 253 g/mol. The van der Waals surface area contributed by atoms with E-state index in [2.05, 4.69) is 23.8 Å². The van der Waals surface area contributed by atoms with E-state index in [9.17, 15) is 0 Å². The van der Waals surface area contributed by atoms with Gasteiger partial charge in [-0.25, -0.2) is 0 Å². The van der Waals surface area contributed by atoms with Gasteiger partial charge >= 0.3 is 0 Å². The Labute approximate surface area is 113 Å². The fourth-order valence-electron chi connectivity index (χ4n) is 3.78. The number of hydrogen-bond acceptors (Lipinski definition) is 3. The number of nitrogens with two attached hydrogens (primary N) is 1. The fraction of sp³-hybridized carbons (Fsp3) is 1.00. The SMILES string of the molecule is CC1CCCC(N)(CN(C)CCN2CCCC2)C1. The molecule has 2 atom stereocenters. The molecule has 1 saturated heterocycles. The van der Waals surface area contributed by atoms with Crippen molar-refractivity contribution < 1.29 is 0 Å². The first-order chi connectivity index (χ1) is 8.57. The van der Waals surface area contributed by atoms with Crippen LogP contribution in [0, 0.1) is 5.92 Å². The summed E-state index contributed by atoms with van der Waals surface area (Å²) in [7, 11) is 2.24. The third-order valence-corrected chi connectivity index (χ3v) is 4.71. The highest BCUT2D eigenvalue weighted by Crippen LogP contribution is 2.30. The minimum atomic E-state index is 0.0808. The Balaban J connectivity index is 1.70. The lowest BCUT2D eigenvalue weighted by Crippen LogP contribution is -2.52. The first-order valence-corrected chi connectivity index (χ1v) is 7.77. The molecule has 18 heavy (non-hydrogen) atoms. The molecule has 2 N–H and O–H groups in total. The first-order valence-electron chi connectivity index (χ1n) is 7.77. The lowest BCUT2D eigenvalue weighted by Gasteiger charge is -2.39. The van der Waals surface area contributed by atoms with Crippen LogP contribution in [0.4, 0.5) is 0 Å². The fourth-order valence-corrected chi connectivity index (χ4v) is 3.78. The summed E-state index contributed by atoms with van der Waals surface area (Å²) in [5.41, 5.74) is 6.66. The predicted octanol–water partition coefficient (Wildman–Crippen LogP) is 1.92.